The molecular weight excluding hydrogens is 623 g/mol. The van der Waals surface area contributed by atoms with E-state index in [-0.39, 0.29) is 17.2 Å². The van der Waals surface area contributed by atoms with Gasteiger partial charge in [0.25, 0.3) is 8.32 Å². The summed E-state index contributed by atoms with van der Waals surface area (Å²) in [6.07, 6.45) is 5.15. The fourth-order valence-corrected chi connectivity index (χ4v) is 12.4. The molecule has 8 rings (SSSR count). The fraction of sp³-hybridized carbons (Fsp3) is 0.225. The van der Waals surface area contributed by atoms with E-state index >= 15 is 0 Å². The maximum Gasteiger partial charge on any atom is 0.261 e. The number of benzene rings is 4. The van der Waals surface area contributed by atoms with Gasteiger partial charge in [0, 0.05) is 0 Å². The number of hydrogen-bond acceptors (Lipinski definition) is 5. The molecule has 242 valence electrons. The third-order valence-corrected chi connectivity index (χ3v) is 15.0. The Morgan fingerprint density at radius 3 is 2.14 bits per heavy atom. The van der Waals surface area contributed by atoms with Gasteiger partial charge in [-0.05, 0) is 58.4 Å². The lowest BCUT2D eigenvalue weighted by Gasteiger charge is -2.46. The van der Waals surface area contributed by atoms with Crippen LogP contribution < -0.4 is 10.4 Å². The molecule has 9 heteroatoms. The van der Waals surface area contributed by atoms with Crippen molar-refractivity contribution in [2.45, 2.75) is 57.7 Å². The monoisotopic (exact) mass is 659 g/mol. The van der Waals surface area contributed by atoms with Crippen LogP contribution in [0.15, 0.2) is 116 Å². The number of hydrogen-bond donors (Lipinski definition) is 0. The highest BCUT2D eigenvalue weighted by molar-refractivity contribution is 6.99. The van der Waals surface area contributed by atoms with Gasteiger partial charge < -0.3 is 8.99 Å². The van der Waals surface area contributed by atoms with Gasteiger partial charge in [-0.25, -0.2) is 19.8 Å². The number of imidazole rings is 2. The molecule has 0 aliphatic heterocycles. The van der Waals surface area contributed by atoms with Gasteiger partial charge in [0.15, 0.2) is 11.3 Å². The van der Waals surface area contributed by atoms with Crippen LogP contribution in [0.5, 0.6) is 0 Å². The summed E-state index contributed by atoms with van der Waals surface area (Å²) in [7, 11) is -2.78. The minimum absolute atomic E-state index is 0.0243. The van der Waals surface area contributed by atoms with E-state index in [1.165, 1.54) is 21.5 Å². The van der Waals surface area contributed by atoms with Gasteiger partial charge in [-0.3, -0.25) is 4.57 Å². The number of fused-ring (bicyclic) bond motifs is 3. The first-order valence-corrected chi connectivity index (χ1v) is 18.6. The maximum atomic E-state index is 7.71. The molecule has 0 fully saturated rings. The van der Waals surface area contributed by atoms with E-state index in [0.29, 0.717) is 11.6 Å². The first kappa shape index (κ1) is 30.9. The van der Waals surface area contributed by atoms with Crippen molar-refractivity contribution >= 4 is 46.6 Å². The second-order valence-corrected chi connectivity index (χ2v) is 18.1. The van der Waals surface area contributed by atoms with Crippen molar-refractivity contribution in [3.8, 4) is 5.95 Å². The first-order valence-electron chi connectivity index (χ1n) is 16.7. The zero-order chi connectivity index (χ0) is 33.8. The predicted octanol–water partition coefficient (Wildman–Crippen LogP) is 8.03. The summed E-state index contributed by atoms with van der Waals surface area (Å²) in [5.41, 5.74) is 6.09. The van der Waals surface area contributed by atoms with Crippen LogP contribution in [0, 0.1) is 13.5 Å². The van der Waals surface area contributed by atoms with Crippen molar-refractivity contribution in [2.75, 3.05) is 0 Å². The van der Waals surface area contributed by atoms with E-state index in [1.807, 2.05) is 23.6 Å². The van der Waals surface area contributed by atoms with E-state index in [1.54, 1.807) is 18.6 Å². The Balaban J connectivity index is 1.23. The number of rotatable bonds is 6. The van der Waals surface area contributed by atoms with E-state index < -0.39 is 8.32 Å². The van der Waals surface area contributed by atoms with Gasteiger partial charge >= 0.3 is 0 Å². The summed E-state index contributed by atoms with van der Waals surface area (Å²) >= 11 is 0. The Bertz CT molecular complexity index is 2310. The summed E-state index contributed by atoms with van der Waals surface area (Å²) in [6, 6.07) is 36.0. The molecule has 7 aromatic rings. The van der Waals surface area contributed by atoms with Crippen LogP contribution >= 0.6 is 0 Å². The molecule has 1 unspecified atom stereocenters. The standard InChI is InChI=1S/C40H37N7OSi/c1-27-44-34-25-42-39(46-26-43-33-21-20-28(41-5)24-36(33)46)45-38(34)47(27)35-22-23-37(32-19-13-12-18-31(32)35)48-49(40(2,3)4,29-14-8-6-9-15-29)30-16-10-7-11-17-30/h6-21,24-26,35,37H,22-23H2,1-4H3/t35?,37-/m1/s1. The molecule has 0 amide bonds. The lowest BCUT2D eigenvalue weighted by molar-refractivity contribution is 0.160. The van der Waals surface area contributed by atoms with Crippen LogP contribution in [0.3, 0.4) is 0 Å². The van der Waals surface area contributed by atoms with Crippen molar-refractivity contribution in [3.05, 3.63) is 144 Å². The number of nitrogens with zero attached hydrogens (tertiary/aromatic N) is 7. The highest BCUT2D eigenvalue weighted by Crippen LogP contribution is 2.46. The van der Waals surface area contributed by atoms with Crippen molar-refractivity contribution in [2.24, 2.45) is 0 Å². The van der Waals surface area contributed by atoms with Crippen LogP contribution in [0.25, 0.3) is 33.0 Å². The summed E-state index contributed by atoms with van der Waals surface area (Å²) in [5, 5.41) is 2.44. The summed E-state index contributed by atoms with van der Waals surface area (Å²) in [6.45, 7) is 16.5. The average molecular weight is 660 g/mol. The highest BCUT2D eigenvalue weighted by Gasteiger charge is 2.52. The van der Waals surface area contributed by atoms with E-state index in [9.17, 15) is 0 Å². The lowest BCUT2D eigenvalue weighted by atomic mass is 9.85. The molecule has 1 aliphatic carbocycles. The molecule has 0 saturated carbocycles. The Hall–Kier alpha value is -5.43. The Morgan fingerprint density at radius 1 is 0.796 bits per heavy atom. The molecule has 3 heterocycles. The fourth-order valence-electron chi connectivity index (χ4n) is 7.73. The van der Waals surface area contributed by atoms with Crippen molar-refractivity contribution in [1.82, 2.24) is 29.1 Å². The van der Waals surface area contributed by atoms with Crippen molar-refractivity contribution < 1.29 is 4.43 Å². The molecule has 0 saturated heterocycles. The van der Waals surface area contributed by atoms with Gasteiger partial charge in [-0.1, -0.05) is 112 Å². The molecule has 0 N–H and O–H groups in total. The molecular formula is C40H37N7OSi. The minimum atomic E-state index is -2.78. The summed E-state index contributed by atoms with van der Waals surface area (Å²) in [5.74, 6) is 1.38. The molecule has 4 aromatic carbocycles. The zero-order valence-electron chi connectivity index (χ0n) is 28.1. The SMILES string of the molecule is [C-]#[N+]c1ccc2ncn(-c3ncc4nc(C)n(C5CC[C@@H](O[Si](c6ccccc6)(c6ccccc6)C(C)(C)C)c6ccccc65)c4n3)c2c1. The van der Waals surface area contributed by atoms with Crippen molar-refractivity contribution in [1.29, 1.82) is 0 Å². The molecule has 0 bridgehead atoms. The molecule has 2 atom stereocenters. The molecule has 3 aromatic heterocycles. The Kier molecular flexibility index (Phi) is 7.51. The third kappa shape index (κ3) is 5.07. The lowest BCUT2D eigenvalue weighted by Crippen LogP contribution is -2.67. The highest BCUT2D eigenvalue weighted by atomic mass is 28.4. The molecule has 49 heavy (non-hydrogen) atoms. The molecule has 0 spiro atoms. The maximum absolute atomic E-state index is 7.71. The first-order chi connectivity index (χ1) is 23.8. The molecule has 1 aliphatic rings. The van der Waals surface area contributed by atoms with Crippen LogP contribution in [-0.4, -0.2) is 37.4 Å². The topological polar surface area (TPSA) is 75.0 Å². The van der Waals surface area contributed by atoms with Gasteiger partial charge in [0.2, 0.25) is 5.95 Å². The van der Waals surface area contributed by atoms with Crippen LogP contribution in [0.4, 0.5) is 5.69 Å². The van der Waals surface area contributed by atoms with Crippen LogP contribution in [-0.2, 0) is 4.43 Å². The average Bonchev–Trinajstić information content (AvgIpc) is 3.70. The van der Waals surface area contributed by atoms with Crippen molar-refractivity contribution in [3.63, 3.8) is 0 Å². The van der Waals surface area contributed by atoms with Gasteiger partial charge in [0.05, 0.1) is 35.9 Å². The van der Waals surface area contributed by atoms with Gasteiger partial charge in [-0.15, -0.1) is 0 Å². The number of aromatic nitrogens is 6. The summed E-state index contributed by atoms with van der Waals surface area (Å²) < 4.78 is 11.8. The predicted molar refractivity (Wildman–Crippen MR) is 196 cm³/mol. The minimum Gasteiger partial charge on any atom is -0.400 e. The third-order valence-electron chi connectivity index (χ3n) is 9.92. The van der Waals surface area contributed by atoms with E-state index in [4.69, 9.17) is 21.0 Å². The quantitative estimate of drug-likeness (QED) is 0.134. The molecule has 0 radical (unpaired) electrons. The molecule has 8 nitrogen and oxygen atoms in total. The Morgan fingerprint density at radius 2 is 1.47 bits per heavy atom. The van der Waals surface area contributed by atoms with E-state index in [2.05, 4.69) is 125 Å². The largest absolute Gasteiger partial charge is 0.400 e. The summed E-state index contributed by atoms with van der Waals surface area (Å²) in [4.78, 5) is 22.8. The van der Waals surface area contributed by atoms with Crippen LogP contribution in [0.1, 0.15) is 62.7 Å². The second kappa shape index (κ2) is 11.9. The number of aryl methyl sites for hydroxylation is 1. The van der Waals surface area contributed by atoms with Gasteiger partial charge in [-0.2, -0.15) is 4.98 Å². The van der Waals surface area contributed by atoms with E-state index in [0.717, 1.165) is 40.9 Å². The second-order valence-electron chi connectivity index (χ2n) is 13.8. The van der Waals surface area contributed by atoms with Crippen LogP contribution in [0.2, 0.25) is 5.04 Å². The zero-order valence-corrected chi connectivity index (χ0v) is 29.1. The van der Waals surface area contributed by atoms with Gasteiger partial charge in [0.1, 0.15) is 17.7 Å². The Labute approximate surface area is 287 Å². The normalized spacial score (nSPS) is 16.5. The smallest absolute Gasteiger partial charge is 0.261 e.